The van der Waals surface area contributed by atoms with Crippen LogP contribution in [0.2, 0.25) is 0 Å². The van der Waals surface area contributed by atoms with Crippen molar-refractivity contribution in [2.75, 3.05) is 0 Å². The SMILES string of the molecule is Cc1sc(Br)cc1S(=O)(=O)NC1CC1c1ccccc1. The van der Waals surface area contributed by atoms with Gasteiger partial charge in [0, 0.05) is 16.8 Å². The summed E-state index contributed by atoms with van der Waals surface area (Å²) in [7, 11) is -3.42. The third-order valence-corrected chi connectivity index (χ3v) is 6.76. The van der Waals surface area contributed by atoms with Crippen LogP contribution in [0, 0.1) is 6.92 Å². The fourth-order valence-corrected chi connectivity index (χ4v) is 6.06. The predicted molar refractivity (Wildman–Crippen MR) is 84.7 cm³/mol. The Kier molecular flexibility index (Phi) is 3.75. The van der Waals surface area contributed by atoms with Gasteiger partial charge in [-0.3, -0.25) is 0 Å². The Balaban J connectivity index is 1.75. The van der Waals surface area contributed by atoms with Crippen molar-refractivity contribution < 1.29 is 8.42 Å². The molecule has 1 fully saturated rings. The molecule has 0 radical (unpaired) electrons. The van der Waals surface area contributed by atoms with Gasteiger partial charge in [0.15, 0.2) is 0 Å². The molecule has 3 rings (SSSR count). The molecule has 0 amide bonds. The zero-order valence-electron chi connectivity index (χ0n) is 10.8. The van der Waals surface area contributed by atoms with Gasteiger partial charge in [-0.1, -0.05) is 30.3 Å². The number of aryl methyl sites for hydroxylation is 1. The van der Waals surface area contributed by atoms with E-state index in [1.807, 2.05) is 37.3 Å². The number of halogens is 1. The van der Waals surface area contributed by atoms with Crippen LogP contribution in [0.5, 0.6) is 0 Å². The first-order chi connectivity index (χ1) is 9.47. The van der Waals surface area contributed by atoms with Crippen LogP contribution in [0.4, 0.5) is 0 Å². The fourth-order valence-electron chi connectivity index (χ4n) is 2.35. The van der Waals surface area contributed by atoms with E-state index in [1.165, 1.54) is 16.9 Å². The summed E-state index contributed by atoms with van der Waals surface area (Å²) >= 11 is 4.77. The normalized spacial score (nSPS) is 21.9. The van der Waals surface area contributed by atoms with Crippen molar-refractivity contribution in [3.8, 4) is 0 Å². The minimum atomic E-state index is -3.42. The molecule has 1 aliphatic carbocycles. The first-order valence-corrected chi connectivity index (χ1v) is 9.40. The van der Waals surface area contributed by atoms with Gasteiger partial charge in [-0.25, -0.2) is 13.1 Å². The topological polar surface area (TPSA) is 46.2 Å². The number of benzene rings is 1. The summed E-state index contributed by atoms with van der Waals surface area (Å²) in [5.41, 5.74) is 1.20. The Bertz CT molecular complexity index is 725. The second-order valence-electron chi connectivity index (χ2n) is 4.95. The zero-order valence-corrected chi connectivity index (χ0v) is 14.1. The van der Waals surface area contributed by atoms with Crippen molar-refractivity contribution in [2.24, 2.45) is 0 Å². The molecule has 0 saturated heterocycles. The summed E-state index contributed by atoms with van der Waals surface area (Å²) < 4.78 is 28.4. The molecule has 2 aromatic rings. The molecule has 1 aliphatic rings. The molecule has 1 aromatic heterocycles. The van der Waals surface area contributed by atoms with E-state index in [1.54, 1.807) is 6.07 Å². The van der Waals surface area contributed by atoms with Gasteiger partial charge in [0.25, 0.3) is 0 Å². The highest BCUT2D eigenvalue weighted by atomic mass is 79.9. The van der Waals surface area contributed by atoms with Crippen molar-refractivity contribution in [3.05, 3.63) is 50.6 Å². The van der Waals surface area contributed by atoms with Gasteiger partial charge in [-0.05, 0) is 40.9 Å². The summed E-state index contributed by atoms with van der Waals surface area (Å²) in [5, 5.41) is 0. The molecule has 0 bridgehead atoms. The van der Waals surface area contributed by atoms with Gasteiger partial charge in [-0.2, -0.15) is 0 Å². The standard InChI is InChI=1S/C14H14BrNO2S2/c1-9-13(8-14(15)19-9)20(17,18)16-12-7-11(12)10-5-3-2-4-6-10/h2-6,8,11-12,16H,7H2,1H3. The lowest BCUT2D eigenvalue weighted by Crippen LogP contribution is -2.27. The Morgan fingerprint density at radius 1 is 1.30 bits per heavy atom. The van der Waals surface area contributed by atoms with E-state index in [2.05, 4.69) is 20.7 Å². The number of hydrogen-bond acceptors (Lipinski definition) is 3. The molecule has 1 heterocycles. The van der Waals surface area contributed by atoms with Crippen LogP contribution in [0.1, 0.15) is 22.8 Å². The van der Waals surface area contributed by atoms with Gasteiger partial charge in [0.1, 0.15) is 0 Å². The van der Waals surface area contributed by atoms with Crippen molar-refractivity contribution >= 4 is 37.3 Å². The van der Waals surface area contributed by atoms with Gasteiger partial charge in [0.2, 0.25) is 10.0 Å². The van der Waals surface area contributed by atoms with Gasteiger partial charge in [-0.15, -0.1) is 11.3 Å². The van der Waals surface area contributed by atoms with Crippen molar-refractivity contribution in [1.29, 1.82) is 0 Å². The lowest BCUT2D eigenvalue weighted by atomic mass is 10.1. The van der Waals surface area contributed by atoms with Crippen LogP contribution in [0.25, 0.3) is 0 Å². The third kappa shape index (κ3) is 2.83. The number of rotatable bonds is 4. The molecule has 2 unspecified atom stereocenters. The second kappa shape index (κ2) is 5.26. The van der Waals surface area contributed by atoms with E-state index in [0.29, 0.717) is 10.8 Å². The van der Waals surface area contributed by atoms with Gasteiger partial charge < -0.3 is 0 Å². The quantitative estimate of drug-likeness (QED) is 0.891. The Labute approximate surface area is 131 Å². The Morgan fingerprint density at radius 2 is 2.00 bits per heavy atom. The molecular weight excluding hydrogens is 358 g/mol. The molecule has 0 spiro atoms. The number of thiophene rings is 1. The predicted octanol–water partition coefficient (Wildman–Crippen LogP) is 3.65. The Morgan fingerprint density at radius 3 is 2.60 bits per heavy atom. The molecule has 106 valence electrons. The molecule has 2 atom stereocenters. The number of hydrogen-bond donors (Lipinski definition) is 1. The summed E-state index contributed by atoms with van der Waals surface area (Å²) in [4.78, 5) is 1.19. The average molecular weight is 372 g/mol. The third-order valence-electron chi connectivity index (χ3n) is 3.46. The first-order valence-electron chi connectivity index (χ1n) is 6.30. The van der Waals surface area contributed by atoms with Crippen LogP contribution < -0.4 is 4.72 Å². The summed E-state index contributed by atoms with van der Waals surface area (Å²) in [5.74, 6) is 0.299. The van der Waals surface area contributed by atoms with E-state index in [4.69, 9.17) is 0 Å². The monoisotopic (exact) mass is 371 g/mol. The second-order valence-corrected chi connectivity index (χ2v) is 9.27. The van der Waals surface area contributed by atoms with Crippen LogP contribution in [-0.2, 0) is 10.0 Å². The van der Waals surface area contributed by atoms with E-state index in [-0.39, 0.29) is 6.04 Å². The summed E-state index contributed by atoms with van der Waals surface area (Å²) in [6, 6.07) is 11.7. The molecule has 1 aromatic carbocycles. The van der Waals surface area contributed by atoms with E-state index < -0.39 is 10.0 Å². The summed E-state index contributed by atoms with van der Waals surface area (Å²) in [6.45, 7) is 1.82. The highest BCUT2D eigenvalue weighted by molar-refractivity contribution is 9.11. The molecule has 1 N–H and O–H groups in total. The van der Waals surface area contributed by atoms with Crippen LogP contribution in [0.3, 0.4) is 0 Å². The minimum absolute atomic E-state index is 0.0143. The average Bonchev–Trinajstić information content (AvgIpc) is 3.06. The van der Waals surface area contributed by atoms with Crippen molar-refractivity contribution in [2.45, 2.75) is 30.2 Å². The maximum Gasteiger partial charge on any atom is 0.241 e. The highest BCUT2D eigenvalue weighted by Crippen LogP contribution is 2.42. The molecule has 20 heavy (non-hydrogen) atoms. The van der Waals surface area contributed by atoms with E-state index >= 15 is 0 Å². The first kappa shape index (κ1) is 14.3. The number of nitrogens with one attached hydrogen (secondary N) is 1. The van der Waals surface area contributed by atoms with Crippen molar-refractivity contribution in [1.82, 2.24) is 4.72 Å². The lowest BCUT2D eigenvalue weighted by Gasteiger charge is -2.06. The zero-order chi connectivity index (χ0) is 14.3. The largest absolute Gasteiger partial charge is 0.241 e. The smallest absolute Gasteiger partial charge is 0.207 e. The molecular formula is C14H14BrNO2S2. The maximum atomic E-state index is 12.4. The molecule has 6 heteroatoms. The van der Waals surface area contributed by atoms with E-state index in [0.717, 1.165) is 15.1 Å². The van der Waals surface area contributed by atoms with Crippen LogP contribution in [0.15, 0.2) is 45.1 Å². The van der Waals surface area contributed by atoms with Gasteiger partial charge in [0.05, 0.1) is 8.68 Å². The molecule has 3 nitrogen and oxygen atoms in total. The minimum Gasteiger partial charge on any atom is -0.207 e. The molecule has 0 aliphatic heterocycles. The van der Waals surface area contributed by atoms with Crippen LogP contribution >= 0.6 is 27.3 Å². The fraction of sp³-hybridized carbons (Fsp3) is 0.286. The van der Waals surface area contributed by atoms with E-state index in [9.17, 15) is 8.42 Å². The lowest BCUT2D eigenvalue weighted by molar-refractivity contribution is 0.580. The van der Waals surface area contributed by atoms with Gasteiger partial charge >= 0.3 is 0 Å². The number of sulfonamides is 1. The van der Waals surface area contributed by atoms with Crippen LogP contribution in [-0.4, -0.2) is 14.5 Å². The summed E-state index contributed by atoms with van der Waals surface area (Å²) in [6.07, 6.45) is 0.869. The highest BCUT2D eigenvalue weighted by Gasteiger charge is 2.41. The maximum absolute atomic E-state index is 12.4. The Hall–Kier alpha value is -0.690. The molecule has 1 saturated carbocycles. The van der Waals surface area contributed by atoms with Crippen molar-refractivity contribution in [3.63, 3.8) is 0 Å².